The van der Waals surface area contributed by atoms with Crippen molar-refractivity contribution in [1.29, 1.82) is 0 Å². The van der Waals surface area contributed by atoms with Crippen LogP contribution in [0.1, 0.15) is 13.8 Å². The molecule has 0 aliphatic carbocycles. The molecular formula is C12H16N2O6S. The third kappa shape index (κ3) is 4.35. The zero-order valence-electron chi connectivity index (χ0n) is 11.6. The van der Waals surface area contributed by atoms with Crippen LogP contribution >= 0.6 is 0 Å². The maximum atomic E-state index is 12.3. The van der Waals surface area contributed by atoms with Crippen LogP contribution in [0.3, 0.4) is 0 Å². The van der Waals surface area contributed by atoms with Gasteiger partial charge in [-0.3, -0.25) is 0 Å². The summed E-state index contributed by atoms with van der Waals surface area (Å²) in [5.74, 6) is 0. The summed E-state index contributed by atoms with van der Waals surface area (Å²) in [6.45, 7) is 3.02. The smallest absolute Gasteiger partial charge is 0.443 e. The van der Waals surface area contributed by atoms with Gasteiger partial charge in [0.15, 0.2) is 0 Å². The van der Waals surface area contributed by atoms with Crippen LogP contribution in [0.4, 0.5) is 9.59 Å². The fourth-order valence-corrected chi connectivity index (χ4v) is 2.49. The monoisotopic (exact) mass is 316 g/mol. The van der Waals surface area contributed by atoms with Crippen molar-refractivity contribution < 1.29 is 27.5 Å². The minimum absolute atomic E-state index is 0.0217. The Bertz CT molecular complexity index is 587. The predicted molar refractivity (Wildman–Crippen MR) is 72.6 cm³/mol. The van der Waals surface area contributed by atoms with E-state index in [0.717, 1.165) is 0 Å². The molecule has 0 saturated heterocycles. The quantitative estimate of drug-likeness (QED) is 0.844. The molecule has 1 N–H and O–H groups in total. The highest BCUT2D eigenvalue weighted by molar-refractivity contribution is 7.89. The van der Waals surface area contributed by atoms with Crippen LogP contribution in [0.25, 0.3) is 0 Å². The molecule has 1 rings (SSSR count). The van der Waals surface area contributed by atoms with Crippen LogP contribution in [0.15, 0.2) is 35.2 Å². The molecule has 0 spiro atoms. The summed E-state index contributed by atoms with van der Waals surface area (Å²) in [7, 11) is -4.29. The zero-order chi connectivity index (χ0) is 15.9. The Morgan fingerprint density at radius 3 is 2.19 bits per heavy atom. The van der Waals surface area contributed by atoms with Crippen molar-refractivity contribution >= 4 is 22.2 Å². The van der Waals surface area contributed by atoms with Gasteiger partial charge in [-0.25, -0.2) is 15.0 Å². The maximum absolute atomic E-state index is 12.3. The SMILES string of the molecule is CCOC(=O)NN(C(=O)OCC)S(=O)(=O)c1ccccc1. The van der Waals surface area contributed by atoms with Gasteiger partial charge in [-0.05, 0) is 26.0 Å². The molecule has 0 aliphatic rings. The molecule has 9 heteroatoms. The molecule has 0 radical (unpaired) electrons. The van der Waals surface area contributed by atoms with Gasteiger partial charge in [0.25, 0.3) is 10.0 Å². The molecule has 0 bridgehead atoms. The number of nitrogens with zero attached hydrogens (tertiary/aromatic N) is 1. The van der Waals surface area contributed by atoms with Crippen LogP contribution in [0, 0.1) is 0 Å². The summed E-state index contributed by atoms with van der Waals surface area (Å²) in [5.41, 5.74) is 1.85. The second-order valence-electron chi connectivity index (χ2n) is 3.61. The molecule has 0 atom stereocenters. The van der Waals surface area contributed by atoms with Crippen LogP contribution < -0.4 is 5.43 Å². The van der Waals surface area contributed by atoms with Gasteiger partial charge in [-0.15, -0.1) is 4.41 Å². The zero-order valence-corrected chi connectivity index (χ0v) is 12.4. The van der Waals surface area contributed by atoms with E-state index in [0.29, 0.717) is 0 Å². The van der Waals surface area contributed by atoms with Crippen LogP contribution in [-0.4, -0.2) is 38.2 Å². The largest absolute Gasteiger partial charge is 0.449 e. The van der Waals surface area contributed by atoms with E-state index in [-0.39, 0.29) is 22.5 Å². The number of hydrazine groups is 1. The lowest BCUT2D eigenvalue weighted by atomic mass is 10.4. The van der Waals surface area contributed by atoms with Crippen molar-refractivity contribution in [1.82, 2.24) is 9.84 Å². The van der Waals surface area contributed by atoms with Gasteiger partial charge in [-0.1, -0.05) is 18.2 Å². The number of carbonyl (C=O) groups is 2. The van der Waals surface area contributed by atoms with E-state index in [1.165, 1.54) is 31.2 Å². The first-order chi connectivity index (χ1) is 9.93. The van der Waals surface area contributed by atoms with Crippen molar-refractivity contribution in [2.45, 2.75) is 18.7 Å². The second kappa shape index (κ2) is 7.48. The van der Waals surface area contributed by atoms with Crippen LogP contribution in [0.2, 0.25) is 0 Å². The molecule has 0 heterocycles. The Balaban J connectivity index is 3.11. The average Bonchev–Trinajstić information content (AvgIpc) is 2.46. The van der Waals surface area contributed by atoms with Crippen molar-refractivity contribution in [2.24, 2.45) is 0 Å². The highest BCUT2D eigenvalue weighted by Crippen LogP contribution is 2.14. The van der Waals surface area contributed by atoms with E-state index in [2.05, 4.69) is 9.47 Å². The number of hydrogen-bond donors (Lipinski definition) is 1. The fourth-order valence-electron chi connectivity index (χ4n) is 1.33. The van der Waals surface area contributed by atoms with Gasteiger partial charge >= 0.3 is 12.2 Å². The fraction of sp³-hybridized carbons (Fsp3) is 0.333. The van der Waals surface area contributed by atoms with Gasteiger partial charge in [0.05, 0.1) is 18.1 Å². The Morgan fingerprint density at radius 1 is 1.10 bits per heavy atom. The van der Waals surface area contributed by atoms with E-state index in [1.807, 2.05) is 5.43 Å². The molecule has 0 aromatic heterocycles. The summed E-state index contributed by atoms with van der Waals surface area (Å²) in [5, 5.41) is 0. The number of carbonyl (C=O) groups excluding carboxylic acids is 2. The van der Waals surface area contributed by atoms with Crippen molar-refractivity contribution in [3.63, 3.8) is 0 Å². The molecule has 21 heavy (non-hydrogen) atoms. The first kappa shape index (κ1) is 16.8. The minimum atomic E-state index is -4.29. The standard InChI is InChI=1S/C12H16N2O6S/c1-3-19-11(15)13-14(12(16)20-4-2)21(17,18)10-8-6-5-7-9-10/h5-9H,3-4H2,1-2H3,(H,13,15). The van der Waals surface area contributed by atoms with Gasteiger partial charge in [0.1, 0.15) is 0 Å². The highest BCUT2D eigenvalue weighted by atomic mass is 32.2. The van der Waals surface area contributed by atoms with Gasteiger partial charge in [0.2, 0.25) is 0 Å². The summed E-state index contributed by atoms with van der Waals surface area (Å²) in [6, 6.07) is 7.16. The Labute approximate surface area is 122 Å². The third-order valence-electron chi connectivity index (χ3n) is 2.18. The first-order valence-corrected chi connectivity index (χ1v) is 7.58. The number of ether oxygens (including phenoxy) is 2. The summed E-state index contributed by atoms with van der Waals surface area (Å²) in [4.78, 5) is 23.0. The molecule has 0 saturated carbocycles. The number of rotatable bonds is 4. The number of hydrogen-bond acceptors (Lipinski definition) is 6. The number of nitrogens with one attached hydrogen (secondary N) is 1. The predicted octanol–water partition coefficient (Wildman–Crippen LogP) is 1.49. The van der Waals surface area contributed by atoms with Crippen molar-refractivity contribution in [3.05, 3.63) is 30.3 Å². The average molecular weight is 316 g/mol. The number of sulfonamides is 1. The molecule has 2 amide bonds. The van der Waals surface area contributed by atoms with Crippen LogP contribution in [0.5, 0.6) is 0 Å². The molecule has 0 unspecified atom stereocenters. The minimum Gasteiger partial charge on any atom is -0.449 e. The summed E-state index contributed by atoms with van der Waals surface area (Å²) in [6.07, 6.45) is -2.31. The molecule has 116 valence electrons. The van der Waals surface area contributed by atoms with Crippen molar-refractivity contribution in [2.75, 3.05) is 13.2 Å². The first-order valence-electron chi connectivity index (χ1n) is 6.14. The number of amides is 2. The highest BCUT2D eigenvalue weighted by Gasteiger charge is 2.32. The van der Waals surface area contributed by atoms with E-state index >= 15 is 0 Å². The normalized spacial score (nSPS) is 10.6. The third-order valence-corrected chi connectivity index (χ3v) is 3.77. The Kier molecular flexibility index (Phi) is 5.97. The summed E-state index contributed by atoms with van der Waals surface area (Å²) < 4.78 is 34.0. The molecular weight excluding hydrogens is 300 g/mol. The van der Waals surface area contributed by atoms with E-state index < -0.39 is 22.2 Å². The lowest BCUT2D eigenvalue weighted by molar-refractivity contribution is 0.103. The van der Waals surface area contributed by atoms with Gasteiger partial charge in [0, 0.05) is 0 Å². The molecule has 0 fully saturated rings. The van der Waals surface area contributed by atoms with E-state index in [1.54, 1.807) is 13.0 Å². The molecule has 0 aliphatic heterocycles. The Morgan fingerprint density at radius 2 is 1.67 bits per heavy atom. The molecule has 1 aromatic rings. The van der Waals surface area contributed by atoms with E-state index in [9.17, 15) is 18.0 Å². The van der Waals surface area contributed by atoms with E-state index in [4.69, 9.17) is 0 Å². The van der Waals surface area contributed by atoms with Gasteiger partial charge in [-0.2, -0.15) is 8.42 Å². The van der Waals surface area contributed by atoms with Crippen LogP contribution in [-0.2, 0) is 19.5 Å². The summed E-state index contributed by atoms with van der Waals surface area (Å²) >= 11 is 0. The number of benzene rings is 1. The lowest BCUT2D eigenvalue weighted by Crippen LogP contribution is -2.50. The molecule has 1 aromatic carbocycles. The maximum Gasteiger partial charge on any atom is 0.443 e. The lowest BCUT2D eigenvalue weighted by Gasteiger charge is -2.21. The second-order valence-corrected chi connectivity index (χ2v) is 5.40. The van der Waals surface area contributed by atoms with Crippen molar-refractivity contribution in [3.8, 4) is 0 Å². The molecule has 8 nitrogen and oxygen atoms in total. The Hall–Kier alpha value is -2.29. The van der Waals surface area contributed by atoms with Gasteiger partial charge < -0.3 is 9.47 Å². The topological polar surface area (TPSA) is 102 Å².